The second kappa shape index (κ2) is 10.1. The van der Waals surface area contributed by atoms with Crippen LogP contribution in [-0.2, 0) is 6.61 Å². The Morgan fingerprint density at radius 1 is 0.970 bits per heavy atom. The summed E-state index contributed by atoms with van der Waals surface area (Å²) in [6, 6.07) is 26.1. The predicted octanol–water partition coefficient (Wildman–Crippen LogP) is 5.24. The summed E-state index contributed by atoms with van der Waals surface area (Å²) in [5, 5.41) is 15.1. The maximum Gasteiger partial charge on any atom is 0.257 e. The number of rotatable bonds is 6. The van der Waals surface area contributed by atoms with E-state index in [0.29, 0.717) is 34.1 Å². The van der Waals surface area contributed by atoms with Crippen molar-refractivity contribution in [3.05, 3.63) is 96.3 Å². The summed E-state index contributed by atoms with van der Waals surface area (Å²) in [7, 11) is 1.57. The summed E-state index contributed by atoms with van der Waals surface area (Å²) >= 11 is 5.33. The van der Waals surface area contributed by atoms with Gasteiger partial charge in [-0.3, -0.25) is 10.1 Å². The van der Waals surface area contributed by atoms with Crippen LogP contribution in [-0.4, -0.2) is 23.2 Å². The maximum absolute atomic E-state index is 12.6. The van der Waals surface area contributed by atoms with Crippen LogP contribution in [0.3, 0.4) is 0 Å². The fourth-order valence-electron chi connectivity index (χ4n) is 3.37. The molecule has 166 valence electrons. The van der Waals surface area contributed by atoms with Crippen LogP contribution in [0.4, 0.5) is 5.69 Å². The van der Waals surface area contributed by atoms with Crippen LogP contribution < -0.4 is 15.4 Å². The number of furan rings is 1. The Balaban J connectivity index is 1.44. The number of nitrogens with one attached hydrogen (secondary N) is 2. The normalized spacial score (nSPS) is 10.5. The van der Waals surface area contributed by atoms with Gasteiger partial charge in [0.2, 0.25) is 0 Å². The van der Waals surface area contributed by atoms with E-state index in [1.807, 2.05) is 42.5 Å². The van der Waals surface area contributed by atoms with Gasteiger partial charge in [-0.25, -0.2) is 0 Å². The number of amides is 1. The molecule has 0 aliphatic carbocycles. The minimum atomic E-state index is -0.306. The molecule has 1 amide bonds. The van der Waals surface area contributed by atoms with Gasteiger partial charge in [0.15, 0.2) is 5.11 Å². The van der Waals surface area contributed by atoms with Crippen molar-refractivity contribution in [2.75, 3.05) is 12.4 Å². The molecule has 0 unspecified atom stereocenters. The zero-order valence-corrected chi connectivity index (χ0v) is 18.7. The van der Waals surface area contributed by atoms with E-state index in [1.165, 1.54) is 0 Å². The van der Waals surface area contributed by atoms with Gasteiger partial charge in [0.1, 0.15) is 23.9 Å². The van der Waals surface area contributed by atoms with Crippen molar-refractivity contribution in [1.82, 2.24) is 5.32 Å². The lowest BCUT2D eigenvalue weighted by Crippen LogP contribution is -2.34. The van der Waals surface area contributed by atoms with Gasteiger partial charge in [-0.1, -0.05) is 42.5 Å². The first-order valence-electron chi connectivity index (χ1n) is 10.2. The molecular formula is C26H22N2O4S. The van der Waals surface area contributed by atoms with Gasteiger partial charge in [0.05, 0.1) is 12.7 Å². The molecule has 0 saturated carbocycles. The lowest BCUT2D eigenvalue weighted by atomic mass is 10.0. The first-order chi connectivity index (χ1) is 16.1. The van der Waals surface area contributed by atoms with Crippen molar-refractivity contribution in [3.8, 4) is 28.2 Å². The molecule has 4 aromatic rings. The van der Waals surface area contributed by atoms with Crippen LogP contribution in [0.1, 0.15) is 16.1 Å². The van der Waals surface area contributed by atoms with Gasteiger partial charge < -0.3 is 19.6 Å². The monoisotopic (exact) mass is 458 g/mol. The molecule has 3 aromatic carbocycles. The number of carbonyl (C=O) groups is 1. The second-order valence-electron chi connectivity index (χ2n) is 7.19. The highest BCUT2D eigenvalue weighted by Gasteiger charge is 2.13. The Hall–Kier alpha value is -3.94. The average molecular weight is 459 g/mol. The van der Waals surface area contributed by atoms with Crippen LogP contribution in [0.25, 0.3) is 22.5 Å². The van der Waals surface area contributed by atoms with Gasteiger partial charge in [-0.2, -0.15) is 0 Å². The Morgan fingerprint density at radius 3 is 2.36 bits per heavy atom. The maximum atomic E-state index is 12.6. The Labute approximate surface area is 196 Å². The summed E-state index contributed by atoms with van der Waals surface area (Å²) in [6.45, 7) is -0.192. The number of hydrogen-bond donors (Lipinski definition) is 3. The highest BCUT2D eigenvalue weighted by atomic mass is 32.1. The first kappa shape index (κ1) is 22.3. The Morgan fingerprint density at radius 2 is 1.70 bits per heavy atom. The molecule has 0 bridgehead atoms. The average Bonchev–Trinajstić information content (AvgIpc) is 3.34. The van der Waals surface area contributed by atoms with Crippen molar-refractivity contribution >= 4 is 28.9 Å². The van der Waals surface area contributed by atoms with E-state index in [-0.39, 0.29) is 17.6 Å². The highest BCUT2D eigenvalue weighted by molar-refractivity contribution is 7.80. The minimum Gasteiger partial charge on any atom is -0.496 e. The van der Waals surface area contributed by atoms with Crippen molar-refractivity contribution in [2.45, 2.75) is 6.61 Å². The van der Waals surface area contributed by atoms with Crippen LogP contribution in [0, 0.1) is 0 Å². The van der Waals surface area contributed by atoms with E-state index < -0.39 is 0 Å². The molecule has 0 fully saturated rings. The third-order valence-corrected chi connectivity index (χ3v) is 5.23. The van der Waals surface area contributed by atoms with E-state index in [0.717, 1.165) is 11.1 Å². The van der Waals surface area contributed by atoms with Gasteiger partial charge in [-0.15, -0.1) is 0 Å². The fraction of sp³-hybridized carbons (Fsp3) is 0.0769. The third-order valence-electron chi connectivity index (χ3n) is 5.02. The SMILES string of the molecule is COc1ccc(NC(=S)NC(=O)c2ccc(-c3ccccc3)cc2)cc1-c1ccc(CO)o1. The number of hydrogen-bond acceptors (Lipinski definition) is 5. The molecule has 33 heavy (non-hydrogen) atoms. The van der Waals surface area contributed by atoms with E-state index >= 15 is 0 Å². The first-order valence-corrected chi connectivity index (χ1v) is 10.6. The van der Waals surface area contributed by atoms with Crippen LogP contribution >= 0.6 is 12.2 Å². The third kappa shape index (κ3) is 5.28. The number of aliphatic hydroxyl groups excluding tert-OH is 1. The summed E-state index contributed by atoms with van der Waals surface area (Å²) in [5.41, 5.74) is 3.95. The summed E-state index contributed by atoms with van der Waals surface area (Å²) in [5.74, 6) is 1.30. The minimum absolute atomic E-state index is 0.166. The second-order valence-corrected chi connectivity index (χ2v) is 7.60. The topological polar surface area (TPSA) is 83.7 Å². The fourth-order valence-corrected chi connectivity index (χ4v) is 3.58. The van der Waals surface area contributed by atoms with Crippen molar-refractivity contribution in [3.63, 3.8) is 0 Å². The molecule has 0 spiro atoms. The number of aliphatic hydroxyl groups is 1. The lowest BCUT2D eigenvalue weighted by Gasteiger charge is -2.13. The molecule has 4 rings (SSSR count). The summed E-state index contributed by atoms with van der Waals surface area (Å²) in [4.78, 5) is 12.6. The molecule has 3 N–H and O–H groups in total. The molecule has 1 aromatic heterocycles. The van der Waals surface area contributed by atoms with Crippen molar-refractivity contribution in [2.24, 2.45) is 0 Å². The molecule has 7 heteroatoms. The number of ether oxygens (including phenoxy) is 1. The molecule has 6 nitrogen and oxygen atoms in total. The molecule has 0 aliphatic rings. The molecule has 0 aliphatic heterocycles. The predicted molar refractivity (Wildman–Crippen MR) is 132 cm³/mol. The van der Waals surface area contributed by atoms with E-state index in [1.54, 1.807) is 49.6 Å². The lowest BCUT2D eigenvalue weighted by molar-refractivity contribution is 0.0977. The van der Waals surface area contributed by atoms with Crippen molar-refractivity contribution in [1.29, 1.82) is 0 Å². The number of anilines is 1. The van der Waals surface area contributed by atoms with Crippen LogP contribution in [0.2, 0.25) is 0 Å². The van der Waals surface area contributed by atoms with E-state index in [2.05, 4.69) is 10.6 Å². The van der Waals surface area contributed by atoms with E-state index in [9.17, 15) is 9.90 Å². The van der Waals surface area contributed by atoms with Gasteiger partial charge in [-0.05, 0) is 65.8 Å². The smallest absolute Gasteiger partial charge is 0.257 e. The Bertz CT molecular complexity index is 1270. The van der Waals surface area contributed by atoms with Crippen molar-refractivity contribution < 1.29 is 19.1 Å². The molecule has 0 saturated heterocycles. The molecule has 0 radical (unpaired) electrons. The zero-order chi connectivity index (χ0) is 23.2. The number of methoxy groups -OCH3 is 1. The van der Waals surface area contributed by atoms with E-state index in [4.69, 9.17) is 21.4 Å². The number of benzene rings is 3. The Kier molecular flexibility index (Phi) is 6.83. The standard InChI is InChI=1S/C26H22N2O4S/c1-31-23-13-11-20(15-22(23)24-14-12-21(16-29)32-24)27-26(33)28-25(30)19-9-7-18(8-10-19)17-5-3-2-4-6-17/h2-15,29H,16H2,1H3,(H2,27,28,30,33). The van der Waals surface area contributed by atoms with Crippen LogP contribution in [0.5, 0.6) is 5.75 Å². The van der Waals surface area contributed by atoms with Gasteiger partial charge >= 0.3 is 0 Å². The van der Waals surface area contributed by atoms with Gasteiger partial charge in [0.25, 0.3) is 5.91 Å². The molecule has 0 atom stereocenters. The van der Waals surface area contributed by atoms with Gasteiger partial charge in [0, 0.05) is 11.3 Å². The summed E-state index contributed by atoms with van der Waals surface area (Å²) in [6.07, 6.45) is 0. The number of carbonyl (C=O) groups excluding carboxylic acids is 1. The molecular weight excluding hydrogens is 436 g/mol. The number of thiocarbonyl (C=S) groups is 1. The highest BCUT2D eigenvalue weighted by Crippen LogP contribution is 2.33. The van der Waals surface area contributed by atoms with Crippen LogP contribution in [0.15, 0.2) is 89.3 Å². The molecule has 1 heterocycles. The largest absolute Gasteiger partial charge is 0.496 e. The quantitative estimate of drug-likeness (QED) is 0.343. The zero-order valence-electron chi connectivity index (χ0n) is 17.9. The summed E-state index contributed by atoms with van der Waals surface area (Å²) < 4.78 is 11.0.